The van der Waals surface area contributed by atoms with Crippen molar-refractivity contribution in [1.29, 1.82) is 5.41 Å². The molecule has 4 aromatic rings. The summed E-state index contributed by atoms with van der Waals surface area (Å²) in [6.45, 7) is 0.485. The molecule has 176 valence electrons. The summed E-state index contributed by atoms with van der Waals surface area (Å²) in [5.74, 6) is 1.42. The van der Waals surface area contributed by atoms with Crippen molar-refractivity contribution in [2.75, 3.05) is 5.32 Å². The standard InChI is InChI=1S/C29H23N5O2/c30-26-12-11-21(16-25(26)28(35)22-8-5-14-31-18-22)27-13-15-32-29(34-27)33-23-9-4-10-24(17-23)36-19-20-6-2-1-3-7-20/h1-18,30,35H,19H2,(H,32,33,34)/p+1/b28-25-,30-26?. The molecule has 0 radical (unpaired) electrons. The average molecular weight is 475 g/mol. The van der Waals surface area contributed by atoms with Gasteiger partial charge in [0.1, 0.15) is 12.4 Å². The second-order valence-corrected chi connectivity index (χ2v) is 8.07. The van der Waals surface area contributed by atoms with E-state index in [1.54, 1.807) is 36.8 Å². The number of benzene rings is 2. The molecule has 0 unspecified atom stereocenters. The number of nitrogens with zero attached hydrogens (tertiary/aromatic N) is 3. The predicted molar refractivity (Wildman–Crippen MR) is 142 cm³/mol. The van der Waals surface area contributed by atoms with Crippen LogP contribution in [-0.4, -0.2) is 25.8 Å². The second kappa shape index (κ2) is 10.5. The lowest BCUT2D eigenvalue weighted by atomic mass is 9.95. The lowest BCUT2D eigenvalue weighted by molar-refractivity contribution is 0.306. The minimum absolute atomic E-state index is 0.245. The van der Waals surface area contributed by atoms with E-state index in [4.69, 9.17) is 15.3 Å². The monoisotopic (exact) mass is 474 g/mol. The molecule has 2 heterocycles. The van der Waals surface area contributed by atoms with Gasteiger partial charge in [-0.1, -0.05) is 42.5 Å². The Hall–Kier alpha value is -5.04. The molecule has 1 aliphatic carbocycles. The normalized spacial score (nSPS) is 14.2. The summed E-state index contributed by atoms with van der Waals surface area (Å²) < 4.78 is 5.92. The third kappa shape index (κ3) is 5.37. The van der Waals surface area contributed by atoms with Crippen LogP contribution in [0.4, 0.5) is 11.6 Å². The Kier molecular flexibility index (Phi) is 6.62. The van der Waals surface area contributed by atoms with Gasteiger partial charge in [0, 0.05) is 35.9 Å². The van der Waals surface area contributed by atoms with Gasteiger partial charge in [-0.25, -0.2) is 9.97 Å². The van der Waals surface area contributed by atoms with Gasteiger partial charge in [-0.15, -0.1) is 0 Å². The van der Waals surface area contributed by atoms with Gasteiger partial charge in [0.2, 0.25) is 5.95 Å². The highest BCUT2D eigenvalue weighted by Gasteiger charge is 2.19. The van der Waals surface area contributed by atoms with E-state index in [2.05, 4.69) is 20.3 Å². The Morgan fingerprint density at radius 1 is 0.944 bits per heavy atom. The third-order valence-electron chi connectivity index (χ3n) is 5.53. The Balaban J connectivity index is 1.35. The van der Waals surface area contributed by atoms with Crippen molar-refractivity contribution in [3.8, 4) is 5.75 Å². The number of anilines is 2. The van der Waals surface area contributed by atoms with Crippen LogP contribution in [0.5, 0.6) is 5.75 Å². The maximum absolute atomic E-state index is 8.55. The van der Waals surface area contributed by atoms with Gasteiger partial charge < -0.3 is 15.2 Å². The molecule has 0 amide bonds. The van der Waals surface area contributed by atoms with Gasteiger partial charge >= 0.3 is 0 Å². The molecular formula is C29H24N5O2+. The van der Waals surface area contributed by atoms with Gasteiger partial charge in [0.15, 0.2) is 0 Å². The van der Waals surface area contributed by atoms with E-state index in [9.17, 15) is 0 Å². The Morgan fingerprint density at radius 3 is 2.67 bits per heavy atom. The maximum atomic E-state index is 8.55. The zero-order valence-corrected chi connectivity index (χ0v) is 19.3. The molecule has 2 aromatic heterocycles. The Morgan fingerprint density at radius 2 is 1.83 bits per heavy atom. The van der Waals surface area contributed by atoms with Crippen LogP contribution in [0.25, 0.3) is 11.3 Å². The number of aromatic nitrogens is 3. The van der Waals surface area contributed by atoms with Gasteiger partial charge in [-0.05, 0) is 48.0 Å². The van der Waals surface area contributed by atoms with Crippen molar-refractivity contribution in [3.05, 3.63) is 132 Å². The van der Waals surface area contributed by atoms with Crippen molar-refractivity contribution >= 4 is 28.7 Å². The Labute approximate surface area is 208 Å². The summed E-state index contributed by atoms with van der Waals surface area (Å²) in [5, 5.41) is 20.1. The summed E-state index contributed by atoms with van der Waals surface area (Å²) in [5.41, 5.74) is 4.82. The van der Waals surface area contributed by atoms with Crippen LogP contribution in [0.1, 0.15) is 16.8 Å². The summed E-state index contributed by atoms with van der Waals surface area (Å²) in [7, 11) is 0. The first-order chi connectivity index (χ1) is 17.7. The highest BCUT2D eigenvalue weighted by molar-refractivity contribution is 6.16. The fourth-order valence-corrected chi connectivity index (χ4v) is 3.69. The van der Waals surface area contributed by atoms with Crippen LogP contribution in [0.2, 0.25) is 0 Å². The van der Waals surface area contributed by atoms with E-state index >= 15 is 0 Å². The number of hydrogen-bond donors (Lipinski definition) is 2. The lowest BCUT2D eigenvalue weighted by Gasteiger charge is -2.12. The minimum atomic E-state index is 0.245. The third-order valence-corrected chi connectivity index (χ3v) is 5.53. The minimum Gasteiger partial charge on any atom is -0.592 e. The number of nitrogens with one attached hydrogen (secondary N) is 2. The molecule has 2 aromatic carbocycles. The van der Waals surface area contributed by atoms with Crippen molar-refractivity contribution in [2.45, 2.75) is 6.61 Å². The van der Waals surface area contributed by atoms with E-state index < -0.39 is 0 Å². The molecule has 0 bridgehead atoms. The summed E-state index contributed by atoms with van der Waals surface area (Å²) >= 11 is 0. The number of hydrogen-bond acceptors (Lipinski definition) is 6. The molecule has 7 nitrogen and oxygen atoms in total. The van der Waals surface area contributed by atoms with Gasteiger partial charge in [0.25, 0.3) is 5.76 Å². The molecule has 0 spiro atoms. The summed E-state index contributed by atoms with van der Waals surface area (Å²) in [4.78, 5) is 13.1. The van der Waals surface area contributed by atoms with Crippen LogP contribution < -0.4 is 10.1 Å². The van der Waals surface area contributed by atoms with Crippen molar-refractivity contribution in [2.24, 2.45) is 0 Å². The SMILES string of the molecule is N=C1C=CC(c2ccnc(Nc3cccc(OCc4ccccc4)c3)n2)=C/C1=C(/[OH2+])c1cccnc1. The molecule has 5 rings (SSSR count). The molecule has 4 N–H and O–H groups in total. The van der Waals surface area contributed by atoms with E-state index in [1.165, 1.54) is 0 Å². The number of pyridine rings is 1. The molecule has 0 fully saturated rings. The van der Waals surface area contributed by atoms with Gasteiger partial charge in [-0.2, -0.15) is 0 Å². The van der Waals surface area contributed by atoms with Gasteiger partial charge in [0.05, 0.1) is 22.5 Å². The molecule has 36 heavy (non-hydrogen) atoms. The molecule has 0 aliphatic heterocycles. The second-order valence-electron chi connectivity index (χ2n) is 8.07. The predicted octanol–water partition coefficient (Wildman–Crippen LogP) is 5.30. The highest BCUT2D eigenvalue weighted by Crippen LogP contribution is 2.27. The summed E-state index contributed by atoms with van der Waals surface area (Å²) in [6, 6.07) is 23.1. The van der Waals surface area contributed by atoms with Gasteiger partial charge in [-0.3, -0.25) is 10.4 Å². The fraction of sp³-hybridized carbons (Fsp3) is 0.0345. The first kappa shape index (κ1) is 22.7. The summed E-state index contributed by atoms with van der Waals surface area (Å²) in [6.07, 6.45) is 10.3. The molecule has 0 saturated carbocycles. The molecule has 7 heteroatoms. The van der Waals surface area contributed by atoms with E-state index in [-0.39, 0.29) is 11.5 Å². The largest absolute Gasteiger partial charge is 0.592 e. The van der Waals surface area contributed by atoms with Crippen LogP contribution in [0.15, 0.2) is 115 Å². The zero-order chi connectivity index (χ0) is 24.7. The number of allylic oxidation sites excluding steroid dienone is 5. The van der Waals surface area contributed by atoms with Crippen LogP contribution in [0.3, 0.4) is 0 Å². The van der Waals surface area contributed by atoms with Crippen molar-refractivity contribution < 1.29 is 9.84 Å². The molecule has 1 aliphatic rings. The fourth-order valence-electron chi connectivity index (χ4n) is 3.69. The molecule has 0 atom stereocenters. The average Bonchev–Trinajstić information content (AvgIpc) is 2.93. The smallest absolute Gasteiger partial charge is 0.272 e. The van der Waals surface area contributed by atoms with E-state index in [1.807, 2.05) is 72.8 Å². The zero-order valence-electron chi connectivity index (χ0n) is 19.3. The maximum Gasteiger partial charge on any atom is 0.272 e. The molecule has 0 saturated heterocycles. The Bertz CT molecular complexity index is 1480. The van der Waals surface area contributed by atoms with Crippen LogP contribution in [0, 0.1) is 5.41 Å². The van der Waals surface area contributed by atoms with Crippen molar-refractivity contribution in [1.82, 2.24) is 15.0 Å². The topological polar surface area (TPSA) is 107 Å². The quantitative estimate of drug-likeness (QED) is 0.279. The van der Waals surface area contributed by atoms with E-state index in [0.717, 1.165) is 22.6 Å². The lowest BCUT2D eigenvalue weighted by Crippen LogP contribution is -2.06. The van der Waals surface area contributed by atoms with Crippen LogP contribution in [-0.2, 0) is 6.61 Å². The number of ether oxygens (including phenoxy) is 1. The first-order valence-corrected chi connectivity index (χ1v) is 11.4. The highest BCUT2D eigenvalue weighted by atomic mass is 16.5. The molecular weight excluding hydrogens is 450 g/mol. The number of rotatable bonds is 7. The first-order valence-electron chi connectivity index (χ1n) is 11.4. The van der Waals surface area contributed by atoms with Crippen molar-refractivity contribution in [3.63, 3.8) is 0 Å². The van der Waals surface area contributed by atoms with E-state index in [0.29, 0.717) is 29.4 Å². The van der Waals surface area contributed by atoms with Crippen LogP contribution >= 0.6 is 0 Å².